The minimum absolute atomic E-state index is 0.442. The van der Waals surface area contributed by atoms with Crippen LogP contribution in [0.1, 0.15) is 20.3 Å². The number of nitrogens with zero attached hydrogens (tertiary/aromatic N) is 1. The molecule has 0 rings (SSSR count). The highest BCUT2D eigenvalue weighted by Gasteiger charge is 2.13. The monoisotopic (exact) mass is 140 g/mol. The summed E-state index contributed by atoms with van der Waals surface area (Å²) in [5.41, 5.74) is -0.489. The van der Waals surface area contributed by atoms with E-state index in [9.17, 15) is 4.79 Å². The van der Waals surface area contributed by atoms with Crippen molar-refractivity contribution in [1.29, 1.82) is 5.26 Å². The molecule has 0 saturated heterocycles. The summed E-state index contributed by atoms with van der Waals surface area (Å²) in [6.45, 7) is 4.12. The highest BCUT2D eigenvalue weighted by atomic mass is 16.1. The standard InChI is InChI=1S/C7H12N2O/c1-7(2,6-10)9-5-3-4-8/h6,9H,3,5H2,1-2H3. The van der Waals surface area contributed by atoms with E-state index in [1.807, 2.05) is 6.07 Å². The molecule has 0 spiro atoms. The van der Waals surface area contributed by atoms with Crippen LogP contribution in [0, 0.1) is 11.3 Å². The zero-order valence-corrected chi connectivity index (χ0v) is 6.35. The van der Waals surface area contributed by atoms with Gasteiger partial charge < -0.3 is 10.1 Å². The zero-order chi connectivity index (χ0) is 8.04. The van der Waals surface area contributed by atoms with Crippen molar-refractivity contribution in [2.75, 3.05) is 6.54 Å². The average Bonchev–Trinajstić information content (AvgIpc) is 1.89. The van der Waals surface area contributed by atoms with Crippen molar-refractivity contribution in [3.8, 4) is 6.07 Å². The molecule has 1 N–H and O–H groups in total. The van der Waals surface area contributed by atoms with Crippen LogP contribution in [-0.2, 0) is 4.79 Å². The Balaban J connectivity index is 3.49. The Bertz CT molecular complexity index is 146. The van der Waals surface area contributed by atoms with Crippen LogP contribution < -0.4 is 5.32 Å². The van der Waals surface area contributed by atoms with Crippen molar-refractivity contribution >= 4 is 6.29 Å². The fourth-order valence-corrected chi connectivity index (χ4v) is 0.482. The summed E-state index contributed by atoms with van der Waals surface area (Å²) in [5, 5.41) is 11.1. The molecule has 0 atom stereocenters. The number of aldehydes is 1. The Morgan fingerprint density at radius 3 is 2.70 bits per heavy atom. The first kappa shape index (κ1) is 9.12. The second-order valence-corrected chi connectivity index (χ2v) is 2.67. The van der Waals surface area contributed by atoms with E-state index in [2.05, 4.69) is 5.32 Å². The molecular formula is C7H12N2O. The lowest BCUT2D eigenvalue weighted by Gasteiger charge is -2.17. The summed E-state index contributed by atoms with van der Waals surface area (Å²) in [6, 6.07) is 1.99. The smallest absolute Gasteiger partial charge is 0.139 e. The van der Waals surface area contributed by atoms with E-state index in [0.29, 0.717) is 13.0 Å². The second kappa shape index (κ2) is 4.02. The largest absolute Gasteiger partial charge is 0.305 e. The quantitative estimate of drug-likeness (QED) is 0.456. The molecule has 0 aromatic carbocycles. The predicted octanol–water partition coefficient (Wildman–Crippen LogP) is 0.467. The van der Waals surface area contributed by atoms with Gasteiger partial charge in [-0.3, -0.25) is 0 Å². The van der Waals surface area contributed by atoms with Gasteiger partial charge in [-0.1, -0.05) is 0 Å². The maximum absolute atomic E-state index is 10.3. The maximum Gasteiger partial charge on any atom is 0.139 e. The Morgan fingerprint density at radius 2 is 2.30 bits per heavy atom. The van der Waals surface area contributed by atoms with Crippen molar-refractivity contribution in [2.45, 2.75) is 25.8 Å². The van der Waals surface area contributed by atoms with Crippen LogP contribution in [0.25, 0.3) is 0 Å². The van der Waals surface area contributed by atoms with Crippen LogP contribution >= 0.6 is 0 Å². The van der Waals surface area contributed by atoms with Crippen molar-refractivity contribution in [2.24, 2.45) is 0 Å². The molecule has 0 amide bonds. The van der Waals surface area contributed by atoms with Crippen LogP contribution in [0.5, 0.6) is 0 Å². The van der Waals surface area contributed by atoms with Crippen molar-refractivity contribution in [3.05, 3.63) is 0 Å². The molecule has 0 aliphatic heterocycles. The summed E-state index contributed by atoms with van der Waals surface area (Å²) in [7, 11) is 0. The fraction of sp³-hybridized carbons (Fsp3) is 0.714. The second-order valence-electron chi connectivity index (χ2n) is 2.67. The molecule has 0 saturated carbocycles. The Labute approximate surface area is 61.0 Å². The minimum Gasteiger partial charge on any atom is -0.305 e. The third-order valence-electron chi connectivity index (χ3n) is 1.11. The van der Waals surface area contributed by atoms with E-state index in [1.165, 1.54) is 0 Å². The molecule has 3 heteroatoms. The van der Waals surface area contributed by atoms with Crippen LogP contribution in [0.3, 0.4) is 0 Å². The molecule has 3 nitrogen and oxygen atoms in total. The number of carbonyl (C=O) groups is 1. The first-order chi connectivity index (χ1) is 4.62. The molecule has 0 radical (unpaired) electrons. The summed E-state index contributed by atoms with van der Waals surface area (Å²) in [5.74, 6) is 0. The highest BCUT2D eigenvalue weighted by Crippen LogP contribution is 1.94. The third kappa shape index (κ3) is 4.04. The molecule has 0 bridgehead atoms. The van der Waals surface area contributed by atoms with Gasteiger partial charge in [0.15, 0.2) is 0 Å². The SMILES string of the molecule is CC(C)(C=O)NCCC#N. The van der Waals surface area contributed by atoms with Crippen molar-refractivity contribution in [3.63, 3.8) is 0 Å². The van der Waals surface area contributed by atoms with E-state index in [0.717, 1.165) is 6.29 Å². The van der Waals surface area contributed by atoms with Gasteiger partial charge in [-0.25, -0.2) is 0 Å². The normalized spacial score (nSPS) is 10.5. The van der Waals surface area contributed by atoms with Crippen LogP contribution in [0.15, 0.2) is 0 Å². The number of hydrogen-bond acceptors (Lipinski definition) is 3. The van der Waals surface area contributed by atoms with Gasteiger partial charge in [0.05, 0.1) is 11.6 Å². The topological polar surface area (TPSA) is 52.9 Å². The van der Waals surface area contributed by atoms with Crippen LogP contribution in [0.4, 0.5) is 0 Å². The van der Waals surface area contributed by atoms with E-state index < -0.39 is 5.54 Å². The van der Waals surface area contributed by atoms with E-state index in [-0.39, 0.29) is 0 Å². The van der Waals surface area contributed by atoms with Gasteiger partial charge in [0.2, 0.25) is 0 Å². The van der Waals surface area contributed by atoms with Crippen molar-refractivity contribution in [1.82, 2.24) is 5.32 Å². The lowest BCUT2D eigenvalue weighted by atomic mass is 10.1. The molecule has 56 valence electrons. The van der Waals surface area contributed by atoms with Gasteiger partial charge in [-0.2, -0.15) is 5.26 Å². The van der Waals surface area contributed by atoms with Crippen LogP contribution in [-0.4, -0.2) is 18.4 Å². The summed E-state index contributed by atoms with van der Waals surface area (Å²) < 4.78 is 0. The Hall–Kier alpha value is -0.880. The first-order valence-electron chi connectivity index (χ1n) is 3.21. The van der Waals surface area contributed by atoms with E-state index in [1.54, 1.807) is 13.8 Å². The number of carbonyl (C=O) groups excluding carboxylic acids is 1. The van der Waals surface area contributed by atoms with Gasteiger partial charge in [0.25, 0.3) is 0 Å². The molecule has 0 unspecified atom stereocenters. The predicted molar refractivity (Wildman–Crippen MR) is 38.4 cm³/mol. The Kier molecular flexibility index (Phi) is 3.67. The zero-order valence-electron chi connectivity index (χ0n) is 6.35. The van der Waals surface area contributed by atoms with Gasteiger partial charge in [-0.05, 0) is 13.8 Å². The minimum atomic E-state index is -0.489. The fourth-order valence-electron chi connectivity index (χ4n) is 0.482. The molecule has 0 fully saturated rings. The van der Waals surface area contributed by atoms with Gasteiger partial charge >= 0.3 is 0 Å². The highest BCUT2D eigenvalue weighted by molar-refractivity contribution is 5.62. The number of hydrogen-bond donors (Lipinski definition) is 1. The van der Waals surface area contributed by atoms with Gasteiger partial charge in [0, 0.05) is 13.0 Å². The van der Waals surface area contributed by atoms with Crippen LogP contribution in [0.2, 0.25) is 0 Å². The maximum atomic E-state index is 10.3. The summed E-state index contributed by atoms with van der Waals surface area (Å²) >= 11 is 0. The number of rotatable bonds is 4. The lowest BCUT2D eigenvalue weighted by molar-refractivity contribution is -0.112. The summed E-state index contributed by atoms with van der Waals surface area (Å²) in [6.07, 6.45) is 1.28. The average molecular weight is 140 g/mol. The first-order valence-corrected chi connectivity index (χ1v) is 3.21. The third-order valence-corrected chi connectivity index (χ3v) is 1.11. The molecule has 0 aliphatic rings. The molecule has 0 aliphatic carbocycles. The molecule has 0 aromatic heterocycles. The van der Waals surface area contributed by atoms with E-state index in [4.69, 9.17) is 5.26 Å². The number of nitrogens with one attached hydrogen (secondary N) is 1. The summed E-state index contributed by atoms with van der Waals surface area (Å²) in [4.78, 5) is 10.3. The molecule has 0 aromatic rings. The lowest BCUT2D eigenvalue weighted by Crippen LogP contribution is -2.41. The molecule has 0 heterocycles. The molecular weight excluding hydrogens is 128 g/mol. The Morgan fingerprint density at radius 1 is 1.70 bits per heavy atom. The van der Waals surface area contributed by atoms with Crippen molar-refractivity contribution < 1.29 is 4.79 Å². The van der Waals surface area contributed by atoms with E-state index >= 15 is 0 Å². The van der Waals surface area contributed by atoms with Gasteiger partial charge in [0.1, 0.15) is 6.29 Å². The number of nitriles is 1. The van der Waals surface area contributed by atoms with Gasteiger partial charge in [-0.15, -0.1) is 0 Å². The molecule has 10 heavy (non-hydrogen) atoms.